The molecule has 0 radical (unpaired) electrons. The average Bonchev–Trinajstić information content (AvgIpc) is 2.39. The predicted octanol–water partition coefficient (Wildman–Crippen LogP) is 5.26. The Hall–Kier alpha value is -0.730. The van der Waals surface area contributed by atoms with Crippen molar-refractivity contribution in [2.45, 2.75) is 13.0 Å². The number of hydrogen-bond donors (Lipinski definition) is 1. The molecule has 2 rings (SSSR count). The highest BCUT2D eigenvalue weighted by molar-refractivity contribution is 6.42. The zero-order valence-corrected chi connectivity index (χ0v) is 12.9. The minimum Gasteiger partial charge on any atom is -0.309 e. The molecule has 1 nitrogen and oxygen atoms in total. The van der Waals surface area contributed by atoms with Crippen LogP contribution in [0.15, 0.2) is 36.4 Å². The molecule has 4 heteroatoms. The molecule has 0 bridgehead atoms. The van der Waals surface area contributed by atoms with Gasteiger partial charge in [0.05, 0.1) is 16.1 Å². The van der Waals surface area contributed by atoms with Crippen LogP contribution in [0.2, 0.25) is 15.1 Å². The van der Waals surface area contributed by atoms with Crippen LogP contribution in [0.3, 0.4) is 0 Å². The number of rotatable bonds is 3. The summed E-state index contributed by atoms with van der Waals surface area (Å²) < 4.78 is 0. The first kappa shape index (κ1) is 14.7. The zero-order chi connectivity index (χ0) is 14.0. The Morgan fingerprint density at radius 3 is 2.42 bits per heavy atom. The Kier molecular flexibility index (Phi) is 4.75. The second-order valence-corrected chi connectivity index (χ2v) is 5.59. The predicted molar refractivity (Wildman–Crippen MR) is 83.6 cm³/mol. The van der Waals surface area contributed by atoms with E-state index in [1.165, 1.54) is 0 Å². The molecule has 1 N–H and O–H groups in total. The molecule has 0 aromatic heterocycles. The third-order valence-electron chi connectivity index (χ3n) is 3.13. The van der Waals surface area contributed by atoms with Crippen LogP contribution in [-0.2, 0) is 0 Å². The number of halogens is 3. The van der Waals surface area contributed by atoms with Gasteiger partial charge in [-0.2, -0.15) is 0 Å². The first-order valence-electron chi connectivity index (χ1n) is 5.92. The van der Waals surface area contributed by atoms with Crippen molar-refractivity contribution >= 4 is 34.8 Å². The fourth-order valence-corrected chi connectivity index (χ4v) is 2.74. The second kappa shape index (κ2) is 6.15. The summed E-state index contributed by atoms with van der Waals surface area (Å²) in [7, 11) is 1.89. The van der Waals surface area contributed by atoms with E-state index >= 15 is 0 Å². The Morgan fingerprint density at radius 1 is 1.00 bits per heavy atom. The summed E-state index contributed by atoms with van der Waals surface area (Å²) in [6.07, 6.45) is 0. The highest BCUT2D eigenvalue weighted by Crippen LogP contribution is 2.34. The summed E-state index contributed by atoms with van der Waals surface area (Å²) in [5, 5.41) is 5.10. The highest BCUT2D eigenvalue weighted by atomic mass is 35.5. The number of nitrogens with one attached hydrogen (secondary N) is 1. The van der Waals surface area contributed by atoms with E-state index in [1.807, 2.05) is 37.4 Å². The van der Waals surface area contributed by atoms with E-state index in [0.717, 1.165) is 16.7 Å². The van der Waals surface area contributed by atoms with Gasteiger partial charge >= 0.3 is 0 Å². The molecule has 0 heterocycles. The van der Waals surface area contributed by atoms with Gasteiger partial charge in [-0.15, -0.1) is 0 Å². The molecule has 0 aliphatic heterocycles. The van der Waals surface area contributed by atoms with Crippen LogP contribution in [0, 0.1) is 6.92 Å². The Labute approximate surface area is 128 Å². The van der Waals surface area contributed by atoms with Crippen molar-refractivity contribution in [2.75, 3.05) is 7.05 Å². The van der Waals surface area contributed by atoms with Gasteiger partial charge in [-0.3, -0.25) is 0 Å². The zero-order valence-electron chi connectivity index (χ0n) is 10.7. The van der Waals surface area contributed by atoms with Gasteiger partial charge in [0.1, 0.15) is 0 Å². The lowest BCUT2D eigenvalue weighted by Gasteiger charge is -2.21. The summed E-state index contributed by atoms with van der Waals surface area (Å²) >= 11 is 18.5. The van der Waals surface area contributed by atoms with E-state index in [9.17, 15) is 0 Å². The van der Waals surface area contributed by atoms with Crippen LogP contribution < -0.4 is 5.32 Å². The summed E-state index contributed by atoms with van der Waals surface area (Å²) in [4.78, 5) is 0. The maximum absolute atomic E-state index is 6.30. The average molecular weight is 315 g/mol. The number of benzene rings is 2. The molecular weight excluding hydrogens is 301 g/mol. The normalized spacial score (nSPS) is 12.5. The van der Waals surface area contributed by atoms with Crippen molar-refractivity contribution in [1.82, 2.24) is 5.32 Å². The molecule has 1 unspecified atom stereocenters. The van der Waals surface area contributed by atoms with Crippen molar-refractivity contribution in [3.8, 4) is 0 Å². The van der Waals surface area contributed by atoms with E-state index in [-0.39, 0.29) is 6.04 Å². The lowest BCUT2D eigenvalue weighted by atomic mass is 9.95. The van der Waals surface area contributed by atoms with Crippen molar-refractivity contribution < 1.29 is 0 Å². The molecule has 0 fully saturated rings. The monoisotopic (exact) mass is 313 g/mol. The molecule has 1 atom stereocenters. The molecule has 0 amide bonds. The summed E-state index contributed by atoms with van der Waals surface area (Å²) in [6, 6.07) is 11.4. The fourth-order valence-electron chi connectivity index (χ4n) is 2.14. The molecule has 0 spiro atoms. The lowest BCUT2D eigenvalue weighted by molar-refractivity contribution is 0.688. The molecular formula is C15H14Cl3N. The SMILES string of the molecule is CNC(c1cc(Cl)ccc1C)c1cccc(Cl)c1Cl. The standard InChI is InChI=1S/C15H14Cl3N/c1-9-6-7-10(16)8-12(9)15(19-2)11-4-3-5-13(17)14(11)18/h3-8,15,19H,1-2H3. The van der Waals surface area contributed by atoms with Gasteiger partial charge in [-0.1, -0.05) is 53.0 Å². The van der Waals surface area contributed by atoms with Crippen LogP contribution in [0.4, 0.5) is 0 Å². The van der Waals surface area contributed by atoms with Crippen LogP contribution >= 0.6 is 34.8 Å². The van der Waals surface area contributed by atoms with Gasteiger partial charge in [0.15, 0.2) is 0 Å². The molecule has 19 heavy (non-hydrogen) atoms. The van der Waals surface area contributed by atoms with Crippen molar-refractivity contribution in [3.63, 3.8) is 0 Å². The molecule has 2 aromatic rings. The first-order chi connectivity index (χ1) is 9.04. The van der Waals surface area contributed by atoms with Gasteiger partial charge in [0.2, 0.25) is 0 Å². The summed E-state index contributed by atoms with van der Waals surface area (Å²) in [6.45, 7) is 2.05. The van der Waals surface area contributed by atoms with Crippen molar-refractivity contribution in [2.24, 2.45) is 0 Å². The summed E-state index contributed by atoms with van der Waals surface area (Å²) in [5.41, 5.74) is 3.20. The van der Waals surface area contributed by atoms with Crippen LogP contribution in [0.5, 0.6) is 0 Å². The Balaban J connectivity index is 2.56. The summed E-state index contributed by atoms with van der Waals surface area (Å²) in [5.74, 6) is 0. The van der Waals surface area contributed by atoms with E-state index in [1.54, 1.807) is 6.07 Å². The van der Waals surface area contributed by atoms with E-state index in [0.29, 0.717) is 15.1 Å². The lowest BCUT2D eigenvalue weighted by Crippen LogP contribution is -2.19. The molecule has 0 saturated heterocycles. The van der Waals surface area contributed by atoms with E-state index in [4.69, 9.17) is 34.8 Å². The smallest absolute Gasteiger partial charge is 0.0643 e. The maximum Gasteiger partial charge on any atom is 0.0643 e. The van der Waals surface area contributed by atoms with E-state index in [2.05, 4.69) is 12.2 Å². The quantitative estimate of drug-likeness (QED) is 0.814. The van der Waals surface area contributed by atoms with Gasteiger partial charge < -0.3 is 5.32 Å². The molecule has 0 aliphatic rings. The topological polar surface area (TPSA) is 12.0 Å². The second-order valence-electron chi connectivity index (χ2n) is 4.37. The van der Waals surface area contributed by atoms with Gasteiger partial charge in [-0.05, 0) is 48.9 Å². The fraction of sp³-hybridized carbons (Fsp3) is 0.200. The van der Waals surface area contributed by atoms with Gasteiger partial charge in [0.25, 0.3) is 0 Å². The third-order valence-corrected chi connectivity index (χ3v) is 4.20. The molecule has 100 valence electrons. The van der Waals surface area contributed by atoms with Gasteiger partial charge in [0, 0.05) is 5.02 Å². The van der Waals surface area contributed by atoms with Gasteiger partial charge in [-0.25, -0.2) is 0 Å². The number of aryl methyl sites for hydroxylation is 1. The Morgan fingerprint density at radius 2 is 1.74 bits per heavy atom. The first-order valence-corrected chi connectivity index (χ1v) is 7.05. The minimum absolute atomic E-state index is 0.0371. The highest BCUT2D eigenvalue weighted by Gasteiger charge is 2.18. The Bertz CT molecular complexity index is 594. The van der Waals surface area contributed by atoms with Crippen LogP contribution in [0.25, 0.3) is 0 Å². The molecule has 2 aromatic carbocycles. The molecule has 0 aliphatic carbocycles. The number of hydrogen-bond acceptors (Lipinski definition) is 1. The molecule has 0 saturated carbocycles. The van der Waals surface area contributed by atoms with Crippen LogP contribution in [-0.4, -0.2) is 7.05 Å². The largest absolute Gasteiger partial charge is 0.309 e. The van der Waals surface area contributed by atoms with Crippen molar-refractivity contribution in [3.05, 3.63) is 68.2 Å². The van der Waals surface area contributed by atoms with Crippen molar-refractivity contribution in [1.29, 1.82) is 0 Å². The maximum atomic E-state index is 6.30. The van der Waals surface area contributed by atoms with Crippen LogP contribution in [0.1, 0.15) is 22.7 Å². The third kappa shape index (κ3) is 3.06. The minimum atomic E-state index is -0.0371. The van der Waals surface area contributed by atoms with E-state index < -0.39 is 0 Å².